The van der Waals surface area contributed by atoms with Gasteiger partial charge < -0.3 is 9.47 Å². The zero-order chi connectivity index (χ0) is 7.83. The van der Waals surface area contributed by atoms with Gasteiger partial charge in [-0.2, -0.15) is 0 Å². The molecule has 0 aromatic rings. The van der Waals surface area contributed by atoms with E-state index >= 15 is 0 Å². The summed E-state index contributed by atoms with van der Waals surface area (Å²) >= 11 is 0. The molecule has 0 bridgehead atoms. The predicted molar refractivity (Wildman–Crippen MR) is 30.9 cm³/mol. The van der Waals surface area contributed by atoms with Gasteiger partial charge in [-0.05, 0) is 6.92 Å². The molecule has 0 N–H and O–H groups in total. The summed E-state index contributed by atoms with van der Waals surface area (Å²) in [5.41, 5.74) is 0. The number of rotatable bonds is 1. The summed E-state index contributed by atoms with van der Waals surface area (Å²) in [6.07, 6.45) is 0. The maximum Gasteiger partial charge on any atom is 0.297 e. The standard InChI is InChI=1S/C6H10F2O2/c1-5(7,8)6(2)9-3-4-10-6/h3-4H2,1-2H3. The van der Waals surface area contributed by atoms with Gasteiger partial charge in [-0.3, -0.25) is 0 Å². The first-order valence-corrected chi connectivity index (χ1v) is 3.11. The van der Waals surface area contributed by atoms with E-state index in [1.54, 1.807) is 0 Å². The molecular weight excluding hydrogens is 142 g/mol. The monoisotopic (exact) mass is 152 g/mol. The van der Waals surface area contributed by atoms with Gasteiger partial charge in [0.1, 0.15) is 0 Å². The Balaban J connectivity index is 2.67. The van der Waals surface area contributed by atoms with Crippen molar-refractivity contribution < 1.29 is 18.3 Å². The Morgan fingerprint density at radius 3 is 1.90 bits per heavy atom. The summed E-state index contributed by atoms with van der Waals surface area (Å²) in [5.74, 6) is -4.63. The van der Waals surface area contributed by atoms with Crippen LogP contribution in [0, 0.1) is 0 Å². The average Bonchev–Trinajstić information content (AvgIpc) is 2.13. The molecule has 0 amide bonds. The topological polar surface area (TPSA) is 18.5 Å². The maximum absolute atomic E-state index is 12.6. The van der Waals surface area contributed by atoms with Crippen molar-refractivity contribution in [1.82, 2.24) is 0 Å². The van der Waals surface area contributed by atoms with Crippen molar-refractivity contribution in [1.29, 1.82) is 0 Å². The van der Waals surface area contributed by atoms with Crippen LogP contribution in [-0.4, -0.2) is 24.9 Å². The summed E-state index contributed by atoms with van der Waals surface area (Å²) in [6.45, 7) is 2.54. The third kappa shape index (κ3) is 1.13. The third-order valence-corrected chi connectivity index (χ3v) is 1.64. The maximum atomic E-state index is 12.6. The van der Waals surface area contributed by atoms with E-state index in [0.29, 0.717) is 0 Å². The van der Waals surface area contributed by atoms with Gasteiger partial charge in [0.2, 0.25) is 5.79 Å². The lowest BCUT2D eigenvalue weighted by atomic mass is 10.2. The van der Waals surface area contributed by atoms with Gasteiger partial charge in [0.25, 0.3) is 5.92 Å². The summed E-state index contributed by atoms with van der Waals surface area (Å²) in [6, 6.07) is 0. The van der Waals surface area contributed by atoms with Crippen LogP contribution in [0.5, 0.6) is 0 Å². The highest BCUT2D eigenvalue weighted by Gasteiger charge is 2.51. The van der Waals surface area contributed by atoms with Gasteiger partial charge in [-0.1, -0.05) is 0 Å². The Kier molecular flexibility index (Phi) is 1.68. The summed E-state index contributed by atoms with van der Waals surface area (Å²) < 4.78 is 34.6. The Morgan fingerprint density at radius 2 is 1.70 bits per heavy atom. The molecule has 0 aromatic heterocycles. The number of hydrogen-bond acceptors (Lipinski definition) is 2. The molecule has 0 aromatic carbocycles. The number of alkyl halides is 2. The summed E-state index contributed by atoms with van der Waals surface area (Å²) in [5, 5.41) is 0. The fourth-order valence-electron chi connectivity index (χ4n) is 0.768. The molecule has 0 spiro atoms. The second-order valence-electron chi connectivity index (χ2n) is 2.53. The van der Waals surface area contributed by atoms with E-state index in [9.17, 15) is 8.78 Å². The first-order valence-electron chi connectivity index (χ1n) is 3.11. The number of halogens is 2. The van der Waals surface area contributed by atoms with E-state index in [2.05, 4.69) is 0 Å². The van der Waals surface area contributed by atoms with Crippen LogP contribution in [0.15, 0.2) is 0 Å². The van der Waals surface area contributed by atoms with Crippen LogP contribution in [0.25, 0.3) is 0 Å². The van der Waals surface area contributed by atoms with Crippen molar-refractivity contribution >= 4 is 0 Å². The molecule has 0 saturated carbocycles. The van der Waals surface area contributed by atoms with Gasteiger partial charge in [-0.25, -0.2) is 8.78 Å². The highest BCUT2D eigenvalue weighted by molar-refractivity contribution is 4.81. The zero-order valence-electron chi connectivity index (χ0n) is 5.99. The lowest BCUT2D eigenvalue weighted by Crippen LogP contribution is -2.44. The van der Waals surface area contributed by atoms with E-state index in [4.69, 9.17) is 9.47 Å². The highest BCUT2D eigenvalue weighted by Crippen LogP contribution is 2.35. The van der Waals surface area contributed by atoms with E-state index in [-0.39, 0.29) is 13.2 Å². The van der Waals surface area contributed by atoms with Crippen molar-refractivity contribution in [2.24, 2.45) is 0 Å². The number of hydrogen-bond donors (Lipinski definition) is 0. The van der Waals surface area contributed by atoms with Crippen LogP contribution in [-0.2, 0) is 9.47 Å². The van der Waals surface area contributed by atoms with Crippen LogP contribution in [0.1, 0.15) is 13.8 Å². The van der Waals surface area contributed by atoms with Gasteiger partial charge in [0.15, 0.2) is 0 Å². The Bertz CT molecular complexity index is 124. The largest absolute Gasteiger partial charge is 0.343 e. The van der Waals surface area contributed by atoms with E-state index in [0.717, 1.165) is 6.92 Å². The van der Waals surface area contributed by atoms with Gasteiger partial charge >= 0.3 is 0 Å². The first kappa shape index (κ1) is 7.88. The van der Waals surface area contributed by atoms with E-state index < -0.39 is 11.7 Å². The van der Waals surface area contributed by atoms with Crippen LogP contribution in [0.4, 0.5) is 8.78 Å². The second kappa shape index (κ2) is 2.13. The minimum atomic E-state index is -2.93. The molecule has 1 rings (SSSR count). The molecule has 1 heterocycles. The average molecular weight is 152 g/mol. The van der Waals surface area contributed by atoms with Crippen molar-refractivity contribution in [3.05, 3.63) is 0 Å². The van der Waals surface area contributed by atoms with Gasteiger partial charge in [0.05, 0.1) is 13.2 Å². The molecule has 0 radical (unpaired) electrons. The predicted octanol–water partition coefficient (Wildman–Crippen LogP) is 1.40. The van der Waals surface area contributed by atoms with E-state index in [1.165, 1.54) is 6.92 Å². The zero-order valence-corrected chi connectivity index (χ0v) is 5.99. The number of ether oxygens (including phenoxy) is 2. The van der Waals surface area contributed by atoms with Crippen molar-refractivity contribution in [3.63, 3.8) is 0 Å². The fraction of sp³-hybridized carbons (Fsp3) is 1.00. The molecule has 4 heteroatoms. The van der Waals surface area contributed by atoms with Crippen LogP contribution >= 0.6 is 0 Å². The van der Waals surface area contributed by atoms with Gasteiger partial charge in [-0.15, -0.1) is 0 Å². The van der Waals surface area contributed by atoms with Crippen molar-refractivity contribution in [3.8, 4) is 0 Å². The van der Waals surface area contributed by atoms with Crippen LogP contribution < -0.4 is 0 Å². The molecule has 10 heavy (non-hydrogen) atoms. The van der Waals surface area contributed by atoms with Crippen LogP contribution in [0.2, 0.25) is 0 Å². The Labute approximate surface area is 58.1 Å². The lowest BCUT2D eigenvalue weighted by molar-refractivity contribution is -0.271. The second-order valence-corrected chi connectivity index (χ2v) is 2.53. The minimum absolute atomic E-state index is 0.250. The molecule has 1 aliphatic heterocycles. The Hall–Kier alpha value is -0.220. The SMILES string of the molecule is CC(F)(F)C1(C)OCCO1. The van der Waals surface area contributed by atoms with E-state index in [1.807, 2.05) is 0 Å². The molecule has 1 saturated heterocycles. The smallest absolute Gasteiger partial charge is 0.297 e. The van der Waals surface area contributed by atoms with Crippen molar-refractivity contribution in [2.45, 2.75) is 25.6 Å². The minimum Gasteiger partial charge on any atom is -0.343 e. The molecule has 1 fully saturated rings. The fourth-order valence-corrected chi connectivity index (χ4v) is 0.768. The first-order chi connectivity index (χ1) is 4.46. The molecule has 0 atom stereocenters. The van der Waals surface area contributed by atoms with Crippen LogP contribution in [0.3, 0.4) is 0 Å². The quantitative estimate of drug-likeness (QED) is 0.565. The molecule has 0 unspecified atom stereocenters. The normalized spacial score (nSPS) is 25.2. The van der Waals surface area contributed by atoms with Crippen molar-refractivity contribution in [2.75, 3.05) is 13.2 Å². The third-order valence-electron chi connectivity index (χ3n) is 1.64. The Morgan fingerprint density at radius 1 is 1.30 bits per heavy atom. The molecule has 2 nitrogen and oxygen atoms in total. The molecule has 60 valence electrons. The molecule has 1 aliphatic rings. The lowest BCUT2D eigenvalue weighted by Gasteiger charge is -2.28. The highest BCUT2D eigenvalue weighted by atomic mass is 19.3. The molecular formula is C6H10F2O2. The summed E-state index contributed by atoms with van der Waals surface area (Å²) in [7, 11) is 0. The molecule has 0 aliphatic carbocycles. The summed E-state index contributed by atoms with van der Waals surface area (Å²) in [4.78, 5) is 0. The van der Waals surface area contributed by atoms with Gasteiger partial charge in [0, 0.05) is 6.92 Å².